The van der Waals surface area contributed by atoms with E-state index in [1.165, 1.54) is 19.9 Å². The topological polar surface area (TPSA) is 70.4 Å². The first-order valence-electron chi connectivity index (χ1n) is 5.63. The van der Waals surface area contributed by atoms with Gasteiger partial charge in [0.05, 0.1) is 5.69 Å². The number of hydrogen-bond acceptors (Lipinski definition) is 5. The average Bonchev–Trinajstić information content (AvgIpc) is 2.70. The lowest BCUT2D eigenvalue weighted by Crippen LogP contribution is -2.41. The predicted molar refractivity (Wildman–Crippen MR) is 62.1 cm³/mol. The van der Waals surface area contributed by atoms with E-state index in [4.69, 9.17) is 9.47 Å². The van der Waals surface area contributed by atoms with E-state index in [-0.39, 0.29) is 5.57 Å². The molecule has 0 aromatic carbocycles. The molecule has 0 radical (unpaired) electrons. The molecule has 0 atom stereocenters. The molecule has 0 unspecified atom stereocenters. The summed E-state index contributed by atoms with van der Waals surface area (Å²) in [7, 11) is 0. The molecule has 0 saturated carbocycles. The van der Waals surface area contributed by atoms with Gasteiger partial charge in [-0.25, -0.2) is 9.59 Å². The second-order valence-corrected chi connectivity index (χ2v) is 4.33. The predicted octanol–water partition coefficient (Wildman–Crippen LogP) is 1.12. The summed E-state index contributed by atoms with van der Waals surface area (Å²) in [6, 6.07) is 1.71. The van der Waals surface area contributed by atoms with Crippen LogP contribution in [0, 0.1) is 0 Å². The number of aromatic nitrogens is 2. The number of ether oxygens (including phenoxy) is 2. The minimum absolute atomic E-state index is 0.143. The molecule has 0 N–H and O–H groups in total. The van der Waals surface area contributed by atoms with Gasteiger partial charge in [-0.3, -0.25) is 4.68 Å². The summed E-state index contributed by atoms with van der Waals surface area (Å²) in [6.45, 7) is 5.66. The number of rotatable bonds is 2. The van der Waals surface area contributed by atoms with Crippen molar-refractivity contribution in [2.75, 3.05) is 0 Å². The Morgan fingerprint density at radius 2 is 1.94 bits per heavy atom. The molecule has 1 aromatic rings. The van der Waals surface area contributed by atoms with Crippen LogP contribution in [0.3, 0.4) is 0 Å². The highest BCUT2D eigenvalue weighted by Crippen LogP contribution is 2.23. The molecule has 1 aliphatic rings. The first-order valence-corrected chi connectivity index (χ1v) is 5.63. The van der Waals surface area contributed by atoms with E-state index < -0.39 is 17.7 Å². The number of cyclic esters (lactones) is 2. The first kappa shape index (κ1) is 12.3. The maximum atomic E-state index is 11.7. The molecule has 6 heteroatoms. The molecule has 0 aliphatic carbocycles. The van der Waals surface area contributed by atoms with Gasteiger partial charge >= 0.3 is 11.9 Å². The molecule has 18 heavy (non-hydrogen) atoms. The molecule has 2 heterocycles. The smallest absolute Gasteiger partial charge is 0.348 e. The molecular weight excluding hydrogens is 236 g/mol. The molecule has 96 valence electrons. The highest BCUT2D eigenvalue weighted by Gasteiger charge is 2.38. The average molecular weight is 250 g/mol. The summed E-state index contributed by atoms with van der Waals surface area (Å²) in [5.41, 5.74) is 0.371. The van der Waals surface area contributed by atoms with Gasteiger partial charge in [0, 0.05) is 26.6 Å². The largest absolute Gasteiger partial charge is 0.419 e. The van der Waals surface area contributed by atoms with Crippen LogP contribution in [-0.2, 0) is 25.6 Å². The van der Waals surface area contributed by atoms with Crippen LogP contribution >= 0.6 is 0 Å². The number of hydrogen-bond donors (Lipinski definition) is 0. The van der Waals surface area contributed by atoms with Crippen molar-refractivity contribution in [2.45, 2.75) is 33.1 Å². The Labute approximate surface area is 104 Å². The zero-order valence-corrected chi connectivity index (χ0v) is 10.5. The summed E-state index contributed by atoms with van der Waals surface area (Å²) in [6.07, 6.45) is 3.13. The van der Waals surface area contributed by atoms with Crippen molar-refractivity contribution in [3.05, 3.63) is 23.5 Å². The van der Waals surface area contributed by atoms with Gasteiger partial charge in [-0.05, 0) is 19.1 Å². The minimum atomic E-state index is -1.21. The summed E-state index contributed by atoms with van der Waals surface area (Å²) in [5.74, 6) is -2.60. The quantitative estimate of drug-likeness (QED) is 0.447. The molecular formula is C12H14N2O4. The van der Waals surface area contributed by atoms with Crippen molar-refractivity contribution in [1.29, 1.82) is 0 Å². The molecule has 0 spiro atoms. The Balaban J connectivity index is 2.27. The number of nitrogens with zero attached hydrogens (tertiary/aromatic N) is 2. The van der Waals surface area contributed by atoms with Crippen molar-refractivity contribution in [3.63, 3.8) is 0 Å². The van der Waals surface area contributed by atoms with Gasteiger partial charge in [-0.2, -0.15) is 5.10 Å². The van der Waals surface area contributed by atoms with Gasteiger partial charge in [0.1, 0.15) is 5.57 Å². The van der Waals surface area contributed by atoms with Gasteiger partial charge in [0.2, 0.25) is 0 Å². The van der Waals surface area contributed by atoms with E-state index >= 15 is 0 Å². The summed E-state index contributed by atoms with van der Waals surface area (Å²) >= 11 is 0. The van der Waals surface area contributed by atoms with Gasteiger partial charge in [-0.1, -0.05) is 0 Å². The van der Waals surface area contributed by atoms with E-state index in [1.54, 1.807) is 16.9 Å². The van der Waals surface area contributed by atoms with Crippen molar-refractivity contribution < 1.29 is 19.1 Å². The van der Waals surface area contributed by atoms with Crippen LogP contribution in [-0.4, -0.2) is 27.5 Å². The monoisotopic (exact) mass is 250 g/mol. The summed E-state index contributed by atoms with van der Waals surface area (Å²) < 4.78 is 11.6. The Morgan fingerprint density at radius 3 is 2.44 bits per heavy atom. The van der Waals surface area contributed by atoms with E-state index in [9.17, 15) is 9.59 Å². The van der Waals surface area contributed by atoms with Crippen LogP contribution in [0.2, 0.25) is 0 Å². The van der Waals surface area contributed by atoms with Crippen LogP contribution < -0.4 is 0 Å². The molecule has 0 amide bonds. The lowest BCUT2D eigenvalue weighted by atomic mass is 10.2. The third kappa shape index (κ3) is 2.42. The van der Waals surface area contributed by atoms with Gasteiger partial charge in [0.25, 0.3) is 5.79 Å². The third-order valence-electron chi connectivity index (χ3n) is 2.39. The van der Waals surface area contributed by atoms with Crippen molar-refractivity contribution >= 4 is 18.0 Å². The fourth-order valence-corrected chi connectivity index (χ4v) is 1.56. The maximum Gasteiger partial charge on any atom is 0.348 e. The Kier molecular flexibility index (Phi) is 2.94. The lowest BCUT2D eigenvalue weighted by molar-refractivity contribution is -0.222. The molecule has 1 saturated heterocycles. The first-order chi connectivity index (χ1) is 8.41. The van der Waals surface area contributed by atoms with Crippen LogP contribution in [0.5, 0.6) is 0 Å². The lowest BCUT2D eigenvalue weighted by Gasteiger charge is -2.29. The van der Waals surface area contributed by atoms with Crippen LogP contribution in [0.15, 0.2) is 17.8 Å². The zero-order chi connectivity index (χ0) is 13.3. The number of carbonyl (C=O) groups is 2. The number of carbonyl (C=O) groups excluding carboxylic acids is 2. The molecule has 0 bridgehead atoms. The maximum absolute atomic E-state index is 11.7. The van der Waals surface area contributed by atoms with Gasteiger partial charge < -0.3 is 9.47 Å². The Bertz CT molecular complexity index is 506. The Morgan fingerprint density at radius 1 is 1.33 bits per heavy atom. The highest BCUT2D eigenvalue weighted by atomic mass is 16.7. The molecule has 6 nitrogen and oxygen atoms in total. The SMILES string of the molecule is CCn1ccc(C=C2C(=O)OC(C)(C)OC2=O)n1. The van der Waals surface area contributed by atoms with E-state index in [0.717, 1.165) is 0 Å². The summed E-state index contributed by atoms with van der Waals surface area (Å²) in [5, 5.41) is 4.15. The van der Waals surface area contributed by atoms with Crippen LogP contribution in [0.25, 0.3) is 6.08 Å². The zero-order valence-electron chi connectivity index (χ0n) is 10.5. The number of aryl methyl sites for hydroxylation is 1. The van der Waals surface area contributed by atoms with Crippen molar-refractivity contribution in [1.82, 2.24) is 9.78 Å². The third-order valence-corrected chi connectivity index (χ3v) is 2.39. The highest BCUT2D eigenvalue weighted by molar-refractivity contribution is 6.18. The van der Waals surface area contributed by atoms with Crippen LogP contribution in [0.4, 0.5) is 0 Å². The molecule has 1 aromatic heterocycles. The molecule has 1 fully saturated rings. The van der Waals surface area contributed by atoms with E-state index in [2.05, 4.69) is 5.10 Å². The van der Waals surface area contributed by atoms with Crippen molar-refractivity contribution in [3.8, 4) is 0 Å². The molecule has 1 aliphatic heterocycles. The second kappa shape index (κ2) is 4.29. The Hall–Kier alpha value is -2.11. The summed E-state index contributed by atoms with van der Waals surface area (Å²) in [4.78, 5) is 23.4. The standard InChI is InChI=1S/C12H14N2O4/c1-4-14-6-5-8(13-14)7-9-10(15)17-12(2,3)18-11(9)16/h5-7H,4H2,1-3H3. The number of esters is 2. The van der Waals surface area contributed by atoms with Gasteiger partial charge in [0.15, 0.2) is 0 Å². The molecule has 2 rings (SSSR count). The van der Waals surface area contributed by atoms with Gasteiger partial charge in [-0.15, -0.1) is 0 Å². The fourth-order valence-electron chi connectivity index (χ4n) is 1.56. The van der Waals surface area contributed by atoms with Crippen LogP contribution in [0.1, 0.15) is 26.5 Å². The van der Waals surface area contributed by atoms with E-state index in [1.807, 2.05) is 6.92 Å². The second-order valence-electron chi connectivity index (χ2n) is 4.33. The van der Waals surface area contributed by atoms with E-state index in [0.29, 0.717) is 12.2 Å². The van der Waals surface area contributed by atoms with Crippen molar-refractivity contribution in [2.24, 2.45) is 0 Å². The minimum Gasteiger partial charge on any atom is -0.419 e. The fraction of sp³-hybridized carbons (Fsp3) is 0.417. The normalized spacial score (nSPS) is 18.3.